The van der Waals surface area contributed by atoms with Crippen LogP contribution in [0.4, 0.5) is 4.39 Å². The van der Waals surface area contributed by atoms with Crippen molar-refractivity contribution in [2.24, 2.45) is 5.92 Å². The number of piperidine rings is 1. The van der Waals surface area contributed by atoms with Crippen LogP contribution in [0.3, 0.4) is 0 Å². The average molecular weight is 363 g/mol. The Bertz CT molecular complexity index is 615. The van der Waals surface area contributed by atoms with Crippen LogP contribution in [0.1, 0.15) is 31.2 Å². The fraction of sp³-hybridized carbons (Fsp3) is 0.650. The van der Waals surface area contributed by atoms with E-state index in [9.17, 15) is 9.18 Å². The van der Waals surface area contributed by atoms with E-state index in [1.54, 1.807) is 12.1 Å². The quantitative estimate of drug-likeness (QED) is 0.828. The van der Waals surface area contributed by atoms with E-state index in [2.05, 4.69) is 0 Å². The van der Waals surface area contributed by atoms with Crippen LogP contribution in [-0.2, 0) is 24.4 Å². The lowest BCUT2D eigenvalue weighted by Crippen LogP contribution is -2.52. The highest BCUT2D eigenvalue weighted by Gasteiger charge is 2.45. The van der Waals surface area contributed by atoms with Crippen molar-refractivity contribution >= 4 is 5.91 Å². The van der Waals surface area contributed by atoms with E-state index >= 15 is 0 Å². The molecule has 1 amide bonds. The number of nitrogens with zero attached hydrogens (tertiary/aromatic N) is 1. The number of amides is 1. The van der Waals surface area contributed by atoms with Gasteiger partial charge in [0.25, 0.3) is 0 Å². The Balaban J connectivity index is 1.49. The van der Waals surface area contributed by atoms with Gasteiger partial charge in [0.1, 0.15) is 5.82 Å². The molecule has 3 aliphatic heterocycles. The van der Waals surface area contributed by atoms with Gasteiger partial charge < -0.3 is 19.1 Å². The molecule has 0 saturated carbocycles. The van der Waals surface area contributed by atoms with Gasteiger partial charge in [-0.1, -0.05) is 12.1 Å². The molecule has 3 aliphatic rings. The van der Waals surface area contributed by atoms with Crippen molar-refractivity contribution in [3.8, 4) is 0 Å². The fourth-order valence-electron chi connectivity index (χ4n) is 4.44. The zero-order valence-electron chi connectivity index (χ0n) is 15.0. The molecule has 142 valence electrons. The molecule has 0 N–H and O–H groups in total. The standard InChI is InChI=1S/C20H26FNO4/c21-17-3-1-16(2-4-17)20(7-11-24-12-8-20)19(23)22-9-5-15(6-10-22)18-25-13-14-26-18/h1-4,15,18H,5-14H2. The monoisotopic (exact) mass is 363 g/mol. The Morgan fingerprint density at radius 1 is 1.00 bits per heavy atom. The summed E-state index contributed by atoms with van der Waals surface area (Å²) in [5.74, 6) is 0.234. The summed E-state index contributed by atoms with van der Waals surface area (Å²) in [5, 5.41) is 0. The Labute approximate surface area is 153 Å². The largest absolute Gasteiger partial charge is 0.381 e. The Morgan fingerprint density at radius 3 is 2.23 bits per heavy atom. The third kappa shape index (κ3) is 3.38. The molecule has 3 saturated heterocycles. The number of carbonyl (C=O) groups excluding carboxylic acids is 1. The highest BCUT2D eigenvalue weighted by Crippen LogP contribution is 2.38. The molecule has 0 bridgehead atoms. The molecule has 5 nitrogen and oxygen atoms in total. The van der Waals surface area contributed by atoms with E-state index < -0.39 is 5.41 Å². The minimum absolute atomic E-state index is 0.110. The van der Waals surface area contributed by atoms with Crippen molar-refractivity contribution < 1.29 is 23.4 Å². The van der Waals surface area contributed by atoms with E-state index in [1.165, 1.54) is 12.1 Å². The van der Waals surface area contributed by atoms with Crippen LogP contribution < -0.4 is 0 Å². The number of hydrogen-bond acceptors (Lipinski definition) is 4. The number of benzene rings is 1. The molecule has 0 unspecified atom stereocenters. The van der Waals surface area contributed by atoms with Crippen molar-refractivity contribution in [2.45, 2.75) is 37.4 Å². The van der Waals surface area contributed by atoms with Crippen molar-refractivity contribution in [2.75, 3.05) is 39.5 Å². The maximum absolute atomic E-state index is 13.5. The van der Waals surface area contributed by atoms with Crippen LogP contribution in [0.5, 0.6) is 0 Å². The van der Waals surface area contributed by atoms with Crippen LogP contribution in [0, 0.1) is 11.7 Å². The van der Waals surface area contributed by atoms with Gasteiger partial charge in [-0.05, 0) is 43.4 Å². The fourth-order valence-corrected chi connectivity index (χ4v) is 4.44. The number of hydrogen-bond donors (Lipinski definition) is 0. The van der Waals surface area contributed by atoms with Gasteiger partial charge >= 0.3 is 0 Å². The van der Waals surface area contributed by atoms with Crippen molar-refractivity contribution in [3.63, 3.8) is 0 Å². The van der Waals surface area contributed by atoms with E-state index in [0.29, 0.717) is 45.2 Å². The van der Waals surface area contributed by atoms with Crippen molar-refractivity contribution in [3.05, 3.63) is 35.6 Å². The van der Waals surface area contributed by atoms with Gasteiger partial charge in [0, 0.05) is 32.2 Å². The second kappa shape index (κ2) is 7.62. The van der Waals surface area contributed by atoms with E-state index in [4.69, 9.17) is 14.2 Å². The van der Waals surface area contributed by atoms with Crippen LogP contribution >= 0.6 is 0 Å². The number of ether oxygens (including phenoxy) is 3. The number of rotatable bonds is 3. The lowest BCUT2D eigenvalue weighted by atomic mass is 9.72. The minimum Gasteiger partial charge on any atom is -0.381 e. The lowest BCUT2D eigenvalue weighted by molar-refractivity contribution is -0.146. The predicted octanol–water partition coefficient (Wildman–Crippen LogP) is 2.49. The van der Waals surface area contributed by atoms with Crippen molar-refractivity contribution in [1.82, 2.24) is 4.90 Å². The topological polar surface area (TPSA) is 48.0 Å². The summed E-state index contributed by atoms with van der Waals surface area (Å²) in [6, 6.07) is 6.40. The zero-order chi connectivity index (χ0) is 18.0. The summed E-state index contributed by atoms with van der Waals surface area (Å²) >= 11 is 0. The maximum atomic E-state index is 13.5. The van der Waals surface area contributed by atoms with Gasteiger partial charge in [-0.15, -0.1) is 0 Å². The third-order valence-corrected chi connectivity index (χ3v) is 6.01. The molecule has 0 radical (unpaired) electrons. The van der Waals surface area contributed by atoms with E-state index in [-0.39, 0.29) is 18.0 Å². The molecule has 26 heavy (non-hydrogen) atoms. The molecule has 4 rings (SSSR count). The van der Waals surface area contributed by atoms with Crippen LogP contribution in [0.25, 0.3) is 0 Å². The molecule has 1 aromatic carbocycles. The SMILES string of the molecule is O=C(N1CCC(C2OCCO2)CC1)C1(c2ccc(F)cc2)CCOCC1. The van der Waals surface area contributed by atoms with Crippen LogP contribution in [-0.4, -0.2) is 56.6 Å². The molecule has 0 aliphatic carbocycles. The van der Waals surface area contributed by atoms with Crippen LogP contribution in [0.2, 0.25) is 0 Å². The smallest absolute Gasteiger partial charge is 0.233 e. The molecule has 1 aromatic rings. The second-order valence-electron chi connectivity index (χ2n) is 7.44. The molecule has 0 aromatic heterocycles. The summed E-state index contributed by atoms with van der Waals surface area (Å²) in [6.07, 6.45) is 2.97. The van der Waals surface area contributed by atoms with Gasteiger partial charge in [-0.2, -0.15) is 0 Å². The molecule has 6 heteroatoms. The highest BCUT2D eigenvalue weighted by molar-refractivity contribution is 5.88. The first-order valence-electron chi connectivity index (χ1n) is 9.55. The first-order chi connectivity index (χ1) is 12.7. The zero-order valence-corrected chi connectivity index (χ0v) is 15.0. The van der Waals surface area contributed by atoms with E-state index in [1.807, 2.05) is 4.90 Å². The summed E-state index contributed by atoms with van der Waals surface area (Å²) < 4.78 is 30.1. The second-order valence-corrected chi connectivity index (χ2v) is 7.44. The number of likely N-dealkylation sites (tertiary alicyclic amines) is 1. The molecular formula is C20H26FNO4. The summed E-state index contributed by atoms with van der Waals surface area (Å²) in [5.41, 5.74) is 0.302. The summed E-state index contributed by atoms with van der Waals surface area (Å²) in [7, 11) is 0. The summed E-state index contributed by atoms with van der Waals surface area (Å²) in [6.45, 7) is 3.88. The Morgan fingerprint density at radius 2 is 1.62 bits per heavy atom. The third-order valence-electron chi connectivity index (χ3n) is 6.01. The molecular weight excluding hydrogens is 337 g/mol. The average Bonchev–Trinajstić information content (AvgIpc) is 3.23. The van der Waals surface area contributed by atoms with Crippen LogP contribution in [0.15, 0.2) is 24.3 Å². The predicted molar refractivity (Wildman–Crippen MR) is 93.1 cm³/mol. The van der Waals surface area contributed by atoms with Gasteiger partial charge in [0.05, 0.1) is 18.6 Å². The van der Waals surface area contributed by atoms with Gasteiger partial charge in [0.15, 0.2) is 6.29 Å². The van der Waals surface area contributed by atoms with E-state index in [0.717, 1.165) is 31.5 Å². The van der Waals surface area contributed by atoms with Crippen molar-refractivity contribution in [1.29, 1.82) is 0 Å². The first kappa shape index (κ1) is 17.9. The number of carbonyl (C=O) groups is 1. The van der Waals surface area contributed by atoms with Gasteiger partial charge in [-0.3, -0.25) is 4.79 Å². The Kier molecular flexibility index (Phi) is 5.25. The molecule has 3 fully saturated rings. The number of halogens is 1. The van der Waals surface area contributed by atoms with Gasteiger partial charge in [-0.25, -0.2) is 4.39 Å². The molecule has 0 spiro atoms. The maximum Gasteiger partial charge on any atom is 0.233 e. The molecule has 3 heterocycles. The van der Waals surface area contributed by atoms with Gasteiger partial charge in [0.2, 0.25) is 5.91 Å². The summed E-state index contributed by atoms with van der Waals surface area (Å²) in [4.78, 5) is 15.5. The normalized spacial score (nSPS) is 24.7. The molecule has 0 atom stereocenters. The highest BCUT2D eigenvalue weighted by atomic mass is 19.1. The minimum atomic E-state index is -0.598. The Hall–Kier alpha value is -1.50. The lowest BCUT2D eigenvalue weighted by Gasteiger charge is -2.42. The first-order valence-corrected chi connectivity index (χ1v) is 9.55.